The van der Waals surface area contributed by atoms with Crippen molar-refractivity contribution in [1.82, 2.24) is 0 Å². The van der Waals surface area contributed by atoms with Crippen LogP contribution in [0.3, 0.4) is 0 Å². The summed E-state index contributed by atoms with van der Waals surface area (Å²) in [7, 11) is 0. The van der Waals surface area contributed by atoms with Gasteiger partial charge >= 0.3 is 25.8 Å². The van der Waals surface area contributed by atoms with E-state index >= 15 is 0 Å². The molecule has 0 bridgehead atoms. The predicted molar refractivity (Wildman–Crippen MR) is 87.2 cm³/mol. The van der Waals surface area contributed by atoms with Gasteiger partial charge in [0, 0.05) is 0 Å². The number of hydrogen-bond acceptors (Lipinski definition) is 0. The van der Waals surface area contributed by atoms with Crippen molar-refractivity contribution in [3.8, 4) is 11.1 Å². The maximum Gasteiger partial charge on any atom is 4.00 e. The van der Waals surface area contributed by atoms with Crippen molar-refractivity contribution >= 4 is 21.5 Å². The van der Waals surface area contributed by atoms with Crippen LogP contribution in [-0.4, -0.2) is 0 Å². The van der Waals surface area contributed by atoms with E-state index in [9.17, 15) is 0 Å². The molecule has 4 aromatic carbocycles. The molecule has 4 aromatic rings. The molecule has 4 heteroatoms. The molecule has 0 aliphatic heterocycles. The van der Waals surface area contributed by atoms with Crippen LogP contribution >= 0.6 is 0 Å². The van der Waals surface area contributed by atoms with E-state index in [-0.39, 0.29) is 63.1 Å². The van der Waals surface area contributed by atoms with Gasteiger partial charge < -0.3 is 37.2 Å². The third-order valence-corrected chi connectivity index (χ3v) is 3.97. The molecule has 0 N–H and O–H groups in total. The van der Waals surface area contributed by atoms with E-state index in [4.69, 9.17) is 0 Å². The maximum atomic E-state index is 2.28. The SMILES string of the molecule is Cc1cc2c(-c3cccc4ccccc34)cccc2[cH-]1.[Cl-].[Cl-].[Cl-].[Hf+4]. The fraction of sp³-hybridized carbons (Fsp3) is 0.0500. The Morgan fingerprint density at radius 3 is 2.00 bits per heavy atom. The van der Waals surface area contributed by atoms with Gasteiger partial charge in [0.05, 0.1) is 0 Å². The average molecular weight is 540 g/mol. The number of rotatable bonds is 1. The topological polar surface area (TPSA) is 0 Å². The van der Waals surface area contributed by atoms with Gasteiger partial charge in [-0.15, -0.1) is 34.5 Å². The Morgan fingerprint density at radius 1 is 0.667 bits per heavy atom. The molecule has 0 heterocycles. The van der Waals surface area contributed by atoms with Crippen molar-refractivity contribution in [3.63, 3.8) is 0 Å². The van der Waals surface area contributed by atoms with Gasteiger partial charge in [-0.2, -0.15) is 6.07 Å². The minimum atomic E-state index is 0. The van der Waals surface area contributed by atoms with Gasteiger partial charge in [0.1, 0.15) is 0 Å². The van der Waals surface area contributed by atoms with Gasteiger partial charge in [0.25, 0.3) is 0 Å². The normalized spacial score (nSPS) is 9.38. The zero-order chi connectivity index (χ0) is 13.5. The van der Waals surface area contributed by atoms with Crippen LogP contribution < -0.4 is 37.2 Å². The number of halogens is 3. The summed E-state index contributed by atoms with van der Waals surface area (Å²) in [5.74, 6) is 0. The van der Waals surface area contributed by atoms with Crippen molar-refractivity contribution < 1.29 is 63.1 Å². The second-order valence-corrected chi connectivity index (χ2v) is 5.37. The summed E-state index contributed by atoms with van der Waals surface area (Å²) in [5, 5.41) is 5.29. The van der Waals surface area contributed by atoms with Gasteiger partial charge in [-0.1, -0.05) is 61.0 Å². The number of benzene rings is 3. The van der Waals surface area contributed by atoms with Crippen LogP contribution in [0.2, 0.25) is 0 Å². The van der Waals surface area contributed by atoms with Crippen LogP contribution in [0, 0.1) is 6.92 Å². The van der Waals surface area contributed by atoms with Crippen LogP contribution in [0.1, 0.15) is 5.56 Å². The minimum Gasteiger partial charge on any atom is -1.00 e. The van der Waals surface area contributed by atoms with Crippen molar-refractivity contribution in [3.05, 3.63) is 78.4 Å². The van der Waals surface area contributed by atoms with Crippen molar-refractivity contribution in [1.29, 1.82) is 0 Å². The second kappa shape index (κ2) is 9.68. The summed E-state index contributed by atoms with van der Waals surface area (Å²) in [6.45, 7) is 2.16. The first kappa shape index (κ1) is 23.3. The van der Waals surface area contributed by atoms with Crippen LogP contribution in [0.25, 0.3) is 32.7 Å². The zero-order valence-corrected chi connectivity index (χ0v) is 18.9. The number of aryl methyl sites for hydroxylation is 1. The smallest absolute Gasteiger partial charge is 1.00 e. The summed E-state index contributed by atoms with van der Waals surface area (Å²) < 4.78 is 0. The van der Waals surface area contributed by atoms with Gasteiger partial charge in [-0.3, -0.25) is 0 Å². The number of hydrogen-bond donors (Lipinski definition) is 0. The molecule has 0 amide bonds. The monoisotopic (exact) mass is 540 g/mol. The van der Waals surface area contributed by atoms with Crippen molar-refractivity contribution in [2.75, 3.05) is 0 Å². The standard InChI is InChI=1S/C20H15.3ClH.Hf/c1-14-12-16-8-5-11-19(20(16)13-14)18-10-4-7-15-6-2-3-9-17(15)18;;;;/h2-13H,1H3;3*1H;/q-1;;;;+4/p-3. The largest absolute Gasteiger partial charge is 4.00 e. The molecule has 0 aliphatic rings. The van der Waals surface area contributed by atoms with Crippen LogP contribution in [0.15, 0.2) is 72.8 Å². The molecule has 0 nitrogen and oxygen atoms in total. The van der Waals surface area contributed by atoms with E-state index < -0.39 is 0 Å². The minimum absolute atomic E-state index is 0. The Morgan fingerprint density at radius 2 is 1.25 bits per heavy atom. The molecular weight excluding hydrogens is 525 g/mol. The Labute approximate surface area is 180 Å². The van der Waals surface area contributed by atoms with Crippen LogP contribution in [0.5, 0.6) is 0 Å². The van der Waals surface area contributed by atoms with E-state index in [1.54, 1.807) is 0 Å². The Bertz CT molecular complexity index is 923. The fourth-order valence-electron chi connectivity index (χ4n) is 3.08. The third-order valence-electron chi connectivity index (χ3n) is 3.97. The Kier molecular flexibility index (Phi) is 9.38. The summed E-state index contributed by atoms with van der Waals surface area (Å²) in [6, 6.07) is 26.2. The molecular formula is C20H15Cl3Hf. The molecule has 0 fully saturated rings. The summed E-state index contributed by atoms with van der Waals surface area (Å²) >= 11 is 0. The van der Waals surface area contributed by atoms with Crippen molar-refractivity contribution in [2.45, 2.75) is 6.92 Å². The van der Waals surface area contributed by atoms with Gasteiger partial charge in [0.15, 0.2) is 0 Å². The summed E-state index contributed by atoms with van der Waals surface area (Å²) in [6.07, 6.45) is 0. The molecule has 0 aromatic heterocycles. The van der Waals surface area contributed by atoms with E-state index in [1.807, 2.05) is 0 Å². The van der Waals surface area contributed by atoms with E-state index in [1.165, 1.54) is 38.2 Å². The van der Waals surface area contributed by atoms with E-state index in [0.717, 1.165) is 0 Å². The first-order valence-electron chi connectivity index (χ1n) is 6.97. The van der Waals surface area contributed by atoms with Gasteiger partial charge in [-0.05, 0) is 16.3 Å². The van der Waals surface area contributed by atoms with Gasteiger partial charge in [0.2, 0.25) is 0 Å². The second-order valence-electron chi connectivity index (χ2n) is 5.37. The average Bonchev–Trinajstić information content (AvgIpc) is 2.87. The van der Waals surface area contributed by atoms with E-state index in [2.05, 4.69) is 79.7 Å². The molecule has 0 radical (unpaired) electrons. The van der Waals surface area contributed by atoms with Crippen LogP contribution in [0.4, 0.5) is 0 Å². The molecule has 0 spiro atoms. The predicted octanol–water partition coefficient (Wildman–Crippen LogP) is -3.30. The van der Waals surface area contributed by atoms with Crippen molar-refractivity contribution in [2.24, 2.45) is 0 Å². The molecule has 0 aliphatic carbocycles. The molecule has 24 heavy (non-hydrogen) atoms. The first-order valence-corrected chi connectivity index (χ1v) is 6.97. The molecule has 0 saturated carbocycles. The quantitative estimate of drug-likeness (QED) is 0.176. The summed E-state index contributed by atoms with van der Waals surface area (Å²) in [4.78, 5) is 0. The molecule has 0 unspecified atom stereocenters. The molecule has 0 saturated heterocycles. The molecule has 120 valence electrons. The van der Waals surface area contributed by atoms with Crippen LogP contribution in [-0.2, 0) is 25.8 Å². The third kappa shape index (κ3) is 4.08. The summed E-state index contributed by atoms with van der Waals surface area (Å²) in [5.41, 5.74) is 3.97. The first-order chi connectivity index (χ1) is 9.83. The Hall–Kier alpha value is -0.730. The maximum absolute atomic E-state index is 2.28. The zero-order valence-electron chi connectivity index (χ0n) is 13.1. The number of fused-ring (bicyclic) bond motifs is 2. The molecule has 4 rings (SSSR count). The Balaban J connectivity index is 0.00000132. The molecule has 0 atom stereocenters. The van der Waals surface area contributed by atoms with E-state index in [0.29, 0.717) is 0 Å². The van der Waals surface area contributed by atoms with Gasteiger partial charge in [-0.25, -0.2) is 0 Å². The fourth-order valence-corrected chi connectivity index (χ4v) is 3.08.